The predicted octanol–water partition coefficient (Wildman–Crippen LogP) is 3.53. The van der Waals surface area contributed by atoms with Gasteiger partial charge in [0, 0.05) is 23.9 Å². The molecule has 0 saturated heterocycles. The molecule has 2 aliphatic carbocycles. The number of Topliss-reactive ketones (excluding diaryl/α,β-unsaturated/α-hetero) is 1. The summed E-state index contributed by atoms with van der Waals surface area (Å²) >= 11 is 6.92. The summed E-state index contributed by atoms with van der Waals surface area (Å²) in [6.45, 7) is 7.71. The van der Waals surface area contributed by atoms with Crippen molar-refractivity contribution in [3.8, 4) is 6.07 Å². The third-order valence-electron chi connectivity index (χ3n) is 3.78. The minimum atomic E-state index is 0.00144. The minimum absolute atomic E-state index is 0.00144. The normalized spacial score (nSPS) is 28.7. The van der Waals surface area contributed by atoms with Crippen LogP contribution < -0.4 is 0 Å². The van der Waals surface area contributed by atoms with Gasteiger partial charge in [-0.3, -0.25) is 9.59 Å². The van der Waals surface area contributed by atoms with Crippen molar-refractivity contribution in [3.05, 3.63) is 10.6 Å². The molecule has 3 nitrogen and oxygen atoms in total. The van der Waals surface area contributed by atoms with Crippen LogP contribution in [0.3, 0.4) is 0 Å². The lowest BCUT2D eigenvalue weighted by Gasteiger charge is -2.09. The number of thioether (sulfide) groups is 1. The van der Waals surface area contributed by atoms with Crippen LogP contribution in [0.1, 0.15) is 34.1 Å². The summed E-state index contributed by atoms with van der Waals surface area (Å²) in [6, 6.07) is 1.84. The van der Waals surface area contributed by atoms with Gasteiger partial charge in [-0.25, -0.2) is 0 Å². The molecule has 0 amide bonds. The van der Waals surface area contributed by atoms with E-state index in [0.717, 1.165) is 23.8 Å². The fraction of sp³-hybridized carbons (Fsp3) is 0.643. The number of allylic oxidation sites excluding steroid dienone is 2. The third kappa shape index (κ3) is 3.61. The summed E-state index contributed by atoms with van der Waals surface area (Å²) in [4.78, 5) is 21.4. The molecule has 2 aliphatic rings. The van der Waals surface area contributed by atoms with Crippen LogP contribution >= 0.6 is 23.4 Å². The van der Waals surface area contributed by atoms with Crippen LogP contribution in [-0.2, 0) is 9.59 Å². The Morgan fingerprint density at radius 2 is 2.11 bits per heavy atom. The van der Waals surface area contributed by atoms with Gasteiger partial charge in [-0.15, -0.1) is 0 Å². The van der Waals surface area contributed by atoms with E-state index >= 15 is 0 Å². The van der Waals surface area contributed by atoms with Gasteiger partial charge in [-0.1, -0.05) is 37.2 Å². The fourth-order valence-electron chi connectivity index (χ4n) is 2.72. The van der Waals surface area contributed by atoms with Gasteiger partial charge >= 0.3 is 0 Å². The lowest BCUT2D eigenvalue weighted by atomic mass is 9.96. The molecule has 19 heavy (non-hydrogen) atoms. The van der Waals surface area contributed by atoms with Crippen LogP contribution in [0.2, 0.25) is 0 Å². The second kappa shape index (κ2) is 6.11. The Morgan fingerprint density at radius 1 is 1.53 bits per heavy atom. The van der Waals surface area contributed by atoms with Crippen molar-refractivity contribution in [1.29, 1.82) is 5.26 Å². The summed E-state index contributed by atoms with van der Waals surface area (Å²) in [6.07, 6.45) is 0.719. The van der Waals surface area contributed by atoms with E-state index in [0.29, 0.717) is 22.3 Å². The van der Waals surface area contributed by atoms with E-state index in [-0.39, 0.29) is 16.7 Å². The molecule has 0 N–H and O–H groups in total. The first-order chi connectivity index (χ1) is 8.73. The Balaban J connectivity index is 0.000000224. The Bertz CT molecular complexity index is 472. The summed E-state index contributed by atoms with van der Waals surface area (Å²) in [5.74, 6) is 1.59. The number of nitriles is 1. The molecular weight excluding hydrogens is 282 g/mol. The highest BCUT2D eigenvalue weighted by atomic mass is 35.5. The van der Waals surface area contributed by atoms with E-state index in [1.807, 2.05) is 13.0 Å². The van der Waals surface area contributed by atoms with E-state index in [4.69, 9.17) is 16.9 Å². The molecule has 2 saturated carbocycles. The maximum absolute atomic E-state index is 11.4. The van der Waals surface area contributed by atoms with E-state index in [9.17, 15) is 9.59 Å². The number of hydrogen-bond acceptors (Lipinski definition) is 4. The largest absolute Gasteiger partial charge is 0.294 e. The van der Waals surface area contributed by atoms with Crippen molar-refractivity contribution in [2.24, 2.45) is 17.3 Å². The molecular formula is C14H18ClNO2S. The summed E-state index contributed by atoms with van der Waals surface area (Å²) in [5.41, 5.74) is 1.24. The molecule has 0 aromatic carbocycles. The zero-order valence-corrected chi connectivity index (χ0v) is 13.2. The summed E-state index contributed by atoms with van der Waals surface area (Å²) < 4.78 is 0. The van der Waals surface area contributed by atoms with Crippen molar-refractivity contribution >= 4 is 34.3 Å². The number of carbonyl (C=O) groups is 2. The molecule has 0 bridgehead atoms. The van der Waals surface area contributed by atoms with Crippen molar-refractivity contribution in [3.63, 3.8) is 0 Å². The highest BCUT2D eigenvalue weighted by Crippen LogP contribution is 2.68. The summed E-state index contributed by atoms with van der Waals surface area (Å²) in [5, 5.41) is 8.60. The van der Waals surface area contributed by atoms with Crippen molar-refractivity contribution in [2.45, 2.75) is 34.1 Å². The van der Waals surface area contributed by atoms with E-state index < -0.39 is 0 Å². The molecule has 2 atom stereocenters. The second-order valence-electron chi connectivity index (χ2n) is 5.42. The first-order valence-corrected chi connectivity index (χ1v) is 7.49. The van der Waals surface area contributed by atoms with Crippen LogP contribution in [0.15, 0.2) is 10.6 Å². The van der Waals surface area contributed by atoms with Gasteiger partial charge in [0.1, 0.15) is 0 Å². The van der Waals surface area contributed by atoms with E-state index in [2.05, 4.69) is 13.8 Å². The Labute approximate surface area is 123 Å². The number of nitrogens with zero attached hydrogens (tertiary/aromatic N) is 1. The van der Waals surface area contributed by atoms with Gasteiger partial charge in [0.05, 0.1) is 11.8 Å². The number of halogens is 1. The molecule has 0 radical (unpaired) electrons. The molecule has 0 aromatic rings. The zero-order valence-electron chi connectivity index (χ0n) is 11.6. The van der Waals surface area contributed by atoms with Crippen molar-refractivity contribution in [2.75, 3.05) is 5.75 Å². The SMILES string of the molecule is C/C(Cl)=C1\C(=O)CC2C1C2(C)C.CC(=O)SCC#N. The predicted molar refractivity (Wildman–Crippen MR) is 77.7 cm³/mol. The molecule has 0 aliphatic heterocycles. The van der Waals surface area contributed by atoms with Gasteiger partial charge in [-0.05, 0) is 24.2 Å². The molecule has 0 aromatic heterocycles. The highest BCUT2D eigenvalue weighted by Gasteiger charge is 2.65. The van der Waals surface area contributed by atoms with Crippen LogP contribution in [-0.4, -0.2) is 16.7 Å². The fourth-order valence-corrected chi connectivity index (χ4v) is 3.21. The number of carbonyl (C=O) groups excluding carboxylic acids is 2. The van der Waals surface area contributed by atoms with Gasteiger partial charge in [0.2, 0.25) is 0 Å². The van der Waals surface area contributed by atoms with Gasteiger partial charge in [0.15, 0.2) is 10.9 Å². The first-order valence-electron chi connectivity index (χ1n) is 6.13. The van der Waals surface area contributed by atoms with Crippen LogP contribution in [0.4, 0.5) is 0 Å². The quantitative estimate of drug-likeness (QED) is 0.695. The van der Waals surface area contributed by atoms with Gasteiger partial charge < -0.3 is 0 Å². The molecule has 2 rings (SSSR count). The average Bonchev–Trinajstić information content (AvgIpc) is 2.69. The lowest BCUT2D eigenvalue weighted by Crippen LogP contribution is -2.08. The standard InChI is InChI=1S/C10H13ClO.C4H5NOS/c1-5(11)8-7(12)4-6-9(8)10(6,2)3;1-4(6)7-3-2-5/h6,9H,4H2,1-3H3;3H2,1H3/b8-5-;. The van der Waals surface area contributed by atoms with Crippen LogP contribution in [0.5, 0.6) is 0 Å². The number of hydrogen-bond donors (Lipinski definition) is 0. The van der Waals surface area contributed by atoms with Crippen molar-refractivity contribution < 1.29 is 9.59 Å². The molecule has 0 heterocycles. The first kappa shape index (κ1) is 16.3. The monoisotopic (exact) mass is 299 g/mol. The Kier molecular flexibility index (Phi) is 5.23. The van der Waals surface area contributed by atoms with Crippen LogP contribution in [0.25, 0.3) is 0 Å². The maximum Gasteiger partial charge on any atom is 0.186 e. The zero-order chi connectivity index (χ0) is 14.8. The third-order valence-corrected chi connectivity index (χ3v) is 4.66. The number of rotatable bonds is 1. The van der Waals surface area contributed by atoms with E-state index in [1.54, 1.807) is 0 Å². The summed E-state index contributed by atoms with van der Waals surface area (Å²) in [7, 11) is 0. The highest BCUT2D eigenvalue weighted by molar-refractivity contribution is 8.13. The topological polar surface area (TPSA) is 57.9 Å². The Hall–Kier alpha value is -0.790. The molecule has 2 unspecified atom stereocenters. The number of ketones is 1. The van der Waals surface area contributed by atoms with Crippen molar-refractivity contribution in [1.82, 2.24) is 0 Å². The second-order valence-corrected chi connectivity index (χ2v) is 7.14. The van der Waals surface area contributed by atoms with E-state index in [1.165, 1.54) is 6.92 Å². The molecule has 2 fully saturated rings. The van der Waals surface area contributed by atoms with Gasteiger partial charge in [-0.2, -0.15) is 5.26 Å². The average molecular weight is 300 g/mol. The Morgan fingerprint density at radius 3 is 2.37 bits per heavy atom. The molecule has 104 valence electrons. The molecule has 5 heteroatoms. The number of fused-ring (bicyclic) bond motifs is 1. The molecule has 0 spiro atoms. The maximum atomic E-state index is 11.4. The lowest BCUT2D eigenvalue weighted by molar-refractivity contribution is -0.115. The minimum Gasteiger partial charge on any atom is -0.294 e. The van der Waals surface area contributed by atoms with Crippen LogP contribution in [0, 0.1) is 28.6 Å². The van der Waals surface area contributed by atoms with Gasteiger partial charge in [0.25, 0.3) is 0 Å². The smallest absolute Gasteiger partial charge is 0.186 e.